The van der Waals surface area contributed by atoms with Gasteiger partial charge in [-0.05, 0) is 85.9 Å². The van der Waals surface area contributed by atoms with Crippen molar-refractivity contribution in [2.24, 2.45) is 5.92 Å². The number of carbonyl (C=O) groups excluding carboxylic acids is 1. The Balaban J connectivity index is 1.67. The summed E-state index contributed by atoms with van der Waals surface area (Å²) in [7, 11) is 1.39. The number of rotatable bonds is 11. The number of esters is 1. The minimum absolute atomic E-state index is 0.0789. The van der Waals surface area contributed by atoms with E-state index < -0.39 is 6.43 Å². The molecular formula is C31H38F3NO3. The van der Waals surface area contributed by atoms with Gasteiger partial charge >= 0.3 is 5.97 Å². The largest absolute Gasteiger partial charge is 0.493 e. The van der Waals surface area contributed by atoms with Crippen molar-refractivity contribution >= 4 is 11.5 Å². The lowest BCUT2D eigenvalue weighted by molar-refractivity contribution is -0.145. The van der Waals surface area contributed by atoms with Crippen molar-refractivity contribution in [2.75, 3.05) is 20.3 Å². The van der Waals surface area contributed by atoms with Gasteiger partial charge in [0.25, 0.3) is 0 Å². The van der Waals surface area contributed by atoms with Crippen LogP contribution in [0.1, 0.15) is 74.2 Å². The van der Waals surface area contributed by atoms with Crippen LogP contribution in [0.15, 0.2) is 42.0 Å². The van der Waals surface area contributed by atoms with E-state index in [1.54, 1.807) is 6.07 Å². The van der Waals surface area contributed by atoms with E-state index in [1.165, 1.54) is 35.4 Å². The Bertz CT molecular complexity index is 1180. The molecule has 1 aliphatic carbocycles. The van der Waals surface area contributed by atoms with Gasteiger partial charge in [0.15, 0.2) is 0 Å². The van der Waals surface area contributed by atoms with Crippen molar-refractivity contribution in [3.8, 4) is 5.75 Å². The number of ether oxygens (including phenoxy) is 2. The fourth-order valence-electron chi connectivity index (χ4n) is 5.97. The summed E-state index contributed by atoms with van der Waals surface area (Å²) in [5, 5.41) is 0. The number of halogens is 3. The third-order valence-corrected chi connectivity index (χ3v) is 7.94. The highest BCUT2D eigenvalue weighted by Gasteiger charge is 2.41. The molecule has 2 aliphatic rings. The smallest absolute Gasteiger partial charge is 0.309 e. The van der Waals surface area contributed by atoms with E-state index >= 15 is 4.39 Å². The predicted molar refractivity (Wildman–Crippen MR) is 143 cm³/mol. The molecule has 7 heteroatoms. The van der Waals surface area contributed by atoms with E-state index in [-0.39, 0.29) is 36.2 Å². The third-order valence-electron chi connectivity index (χ3n) is 7.94. The molecule has 0 N–H and O–H groups in total. The first kappa shape index (κ1) is 28.2. The Kier molecular flexibility index (Phi) is 9.19. The van der Waals surface area contributed by atoms with Crippen LogP contribution in [0, 0.1) is 18.7 Å². The van der Waals surface area contributed by atoms with E-state index in [1.807, 2.05) is 26.0 Å². The van der Waals surface area contributed by atoms with Gasteiger partial charge in [0.1, 0.15) is 11.6 Å². The standard InChI is InChI=1S/C31H38F3NO3/c1-19(31(36)37-4)18-35-20(2)16-24-23-11-8-7-10-22(23)17-25(24)30(35)29-21(3)27(14-13-26(29)32)38-15-9-5-6-12-28(33)34/h7-8,10-11,13-14,19-20,28,30H,5-6,9,12,15-18H2,1-4H3/t19-,20+,30-/m0/s1. The molecule has 0 unspecified atom stereocenters. The first-order valence-corrected chi connectivity index (χ1v) is 13.6. The summed E-state index contributed by atoms with van der Waals surface area (Å²) in [6.07, 6.45) is 0.963. The molecule has 0 saturated carbocycles. The van der Waals surface area contributed by atoms with E-state index in [4.69, 9.17) is 9.47 Å². The van der Waals surface area contributed by atoms with E-state index in [0.717, 1.165) is 18.4 Å². The van der Waals surface area contributed by atoms with Gasteiger partial charge in [0.2, 0.25) is 6.43 Å². The highest BCUT2D eigenvalue weighted by atomic mass is 19.3. The Morgan fingerprint density at radius 3 is 2.63 bits per heavy atom. The molecular weight excluding hydrogens is 491 g/mol. The van der Waals surface area contributed by atoms with Crippen molar-refractivity contribution in [1.29, 1.82) is 0 Å². The van der Waals surface area contributed by atoms with Gasteiger partial charge in [-0.3, -0.25) is 9.69 Å². The molecule has 4 nitrogen and oxygen atoms in total. The minimum atomic E-state index is -2.28. The first-order valence-electron chi connectivity index (χ1n) is 13.6. The van der Waals surface area contributed by atoms with Crippen LogP contribution in [0.25, 0.3) is 5.57 Å². The quantitative estimate of drug-likeness (QED) is 0.226. The zero-order valence-corrected chi connectivity index (χ0v) is 22.7. The van der Waals surface area contributed by atoms with Crippen LogP contribution in [0.2, 0.25) is 0 Å². The molecule has 0 radical (unpaired) electrons. The second-order valence-electron chi connectivity index (χ2n) is 10.6. The van der Waals surface area contributed by atoms with Crippen molar-refractivity contribution in [2.45, 2.75) is 77.8 Å². The highest BCUT2D eigenvalue weighted by molar-refractivity contribution is 5.79. The predicted octanol–water partition coefficient (Wildman–Crippen LogP) is 7.29. The van der Waals surface area contributed by atoms with E-state index in [2.05, 4.69) is 24.0 Å². The molecule has 0 aromatic heterocycles. The maximum Gasteiger partial charge on any atom is 0.309 e. The zero-order valence-electron chi connectivity index (χ0n) is 22.7. The second kappa shape index (κ2) is 12.4. The topological polar surface area (TPSA) is 38.8 Å². The summed E-state index contributed by atoms with van der Waals surface area (Å²) in [4.78, 5) is 14.6. The monoisotopic (exact) mass is 529 g/mol. The molecule has 0 amide bonds. The lowest BCUT2D eigenvalue weighted by Gasteiger charge is -2.43. The Morgan fingerprint density at radius 1 is 1.13 bits per heavy atom. The average molecular weight is 530 g/mol. The number of unbranched alkanes of at least 4 members (excludes halogenated alkanes) is 2. The second-order valence-corrected chi connectivity index (χ2v) is 10.6. The molecule has 206 valence electrons. The molecule has 0 bridgehead atoms. The molecule has 1 aliphatic heterocycles. The van der Waals surface area contributed by atoms with Crippen LogP contribution >= 0.6 is 0 Å². The van der Waals surface area contributed by atoms with Gasteiger partial charge < -0.3 is 9.47 Å². The summed E-state index contributed by atoms with van der Waals surface area (Å²) < 4.78 is 51.6. The summed E-state index contributed by atoms with van der Waals surface area (Å²) in [6.45, 7) is 6.70. The van der Waals surface area contributed by atoms with E-state index in [0.29, 0.717) is 43.7 Å². The fourth-order valence-corrected chi connectivity index (χ4v) is 5.97. The van der Waals surface area contributed by atoms with Gasteiger partial charge in [-0.25, -0.2) is 13.2 Å². The minimum Gasteiger partial charge on any atom is -0.493 e. The molecule has 38 heavy (non-hydrogen) atoms. The number of carbonyl (C=O) groups is 1. The first-order chi connectivity index (χ1) is 18.2. The number of hydrogen-bond donors (Lipinski definition) is 0. The number of methoxy groups -OCH3 is 1. The lowest BCUT2D eigenvalue weighted by Crippen LogP contribution is -2.45. The van der Waals surface area contributed by atoms with Crippen molar-refractivity contribution < 1.29 is 27.4 Å². The molecule has 3 atom stereocenters. The van der Waals surface area contributed by atoms with Crippen molar-refractivity contribution in [1.82, 2.24) is 4.90 Å². The van der Waals surface area contributed by atoms with Crippen LogP contribution in [-0.2, 0) is 16.0 Å². The van der Waals surface area contributed by atoms with Gasteiger partial charge in [-0.2, -0.15) is 0 Å². The lowest BCUT2D eigenvalue weighted by atomic mass is 9.83. The molecule has 0 saturated heterocycles. The molecule has 4 rings (SSSR count). The number of nitrogens with zero attached hydrogens (tertiary/aromatic N) is 1. The van der Waals surface area contributed by atoms with Gasteiger partial charge in [0.05, 0.1) is 25.7 Å². The maximum atomic E-state index is 15.8. The van der Waals surface area contributed by atoms with Crippen LogP contribution in [0.3, 0.4) is 0 Å². The Morgan fingerprint density at radius 2 is 1.89 bits per heavy atom. The van der Waals surface area contributed by atoms with Gasteiger partial charge in [-0.15, -0.1) is 0 Å². The molecule has 2 aromatic carbocycles. The number of alkyl halides is 2. The molecule has 2 aromatic rings. The Labute approximate surface area is 223 Å². The van der Waals surface area contributed by atoms with Gasteiger partial charge in [-0.1, -0.05) is 31.2 Å². The molecule has 0 spiro atoms. The number of benzene rings is 2. The van der Waals surface area contributed by atoms with Crippen molar-refractivity contribution in [3.63, 3.8) is 0 Å². The third kappa shape index (κ3) is 5.93. The summed E-state index contributed by atoms with van der Waals surface area (Å²) >= 11 is 0. The summed E-state index contributed by atoms with van der Waals surface area (Å²) in [6, 6.07) is 11.2. The number of hydrogen-bond acceptors (Lipinski definition) is 4. The SMILES string of the molecule is COC(=O)[C@@H](C)CN1[C@H](C)CC2=C(Cc3ccccc32)[C@H]1c1c(F)ccc(OCCCCCC(F)F)c1C. The van der Waals surface area contributed by atoms with Gasteiger partial charge in [0, 0.05) is 24.6 Å². The highest BCUT2D eigenvalue weighted by Crippen LogP contribution is 2.50. The van der Waals surface area contributed by atoms with Crippen LogP contribution in [0.4, 0.5) is 13.2 Å². The van der Waals surface area contributed by atoms with Crippen LogP contribution < -0.4 is 4.74 Å². The average Bonchev–Trinajstić information content (AvgIpc) is 3.26. The van der Waals surface area contributed by atoms with Crippen molar-refractivity contribution in [3.05, 3.63) is 70.0 Å². The zero-order chi connectivity index (χ0) is 27.4. The van der Waals surface area contributed by atoms with E-state index in [9.17, 15) is 13.6 Å². The Hall–Kier alpha value is -2.80. The molecule has 0 fully saturated rings. The number of fused-ring (bicyclic) bond motifs is 2. The fraction of sp³-hybridized carbons (Fsp3) is 0.516. The normalized spacial score (nSPS) is 19.9. The molecule has 1 heterocycles. The summed E-state index contributed by atoms with van der Waals surface area (Å²) in [5.74, 6) is -0.352. The summed E-state index contributed by atoms with van der Waals surface area (Å²) in [5.41, 5.74) is 6.22. The maximum absolute atomic E-state index is 15.8. The van der Waals surface area contributed by atoms with Crippen LogP contribution in [0.5, 0.6) is 5.75 Å². The van der Waals surface area contributed by atoms with Crippen LogP contribution in [-0.4, -0.2) is 43.6 Å².